The van der Waals surface area contributed by atoms with Crippen LogP contribution in [0.4, 0.5) is 0 Å². The van der Waals surface area contributed by atoms with Crippen LogP contribution in [0.2, 0.25) is 0 Å². The van der Waals surface area contributed by atoms with Crippen molar-refractivity contribution >= 4 is 11.3 Å². The number of rotatable bonds is 4. The molecule has 0 aromatic carbocycles. The van der Waals surface area contributed by atoms with Gasteiger partial charge in [-0.05, 0) is 52.2 Å². The average molecular weight is 280 g/mol. The van der Waals surface area contributed by atoms with Crippen molar-refractivity contribution in [3.8, 4) is 0 Å². The summed E-state index contributed by atoms with van der Waals surface area (Å²) in [6.45, 7) is 12.7. The summed E-state index contributed by atoms with van der Waals surface area (Å²) in [6, 6.07) is 5.25. The SMILES string of the molecule is CCc1ccc(CNC2CCN(C(C)(C)C)CC2)s1. The summed E-state index contributed by atoms with van der Waals surface area (Å²) in [5.74, 6) is 0. The van der Waals surface area contributed by atoms with Gasteiger partial charge in [0.1, 0.15) is 0 Å². The highest BCUT2D eigenvalue weighted by Crippen LogP contribution is 2.21. The summed E-state index contributed by atoms with van der Waals surface area (Å²) >= 11 is 1.95. The molecule has 0 spiro atoms. The third-order valence-electron chi connectivity index (χ3n) is 4.07. The summed E-state index contributed by atoms with van der Waals surface area (Å²) < 4.78 is 0. The maximum atomic E-state index is 3.73. The molecule has 3 heteroatoms. The molecule has 2 rings (SSSR count). The zero-order valence-corrected chi connectivity index (χ0v) is 13.6. The summed E-state index contributed by atoms with van der Waals surface area (Å²) in [6.07, 6.45) is 3.72. The van der Waals surface area contributed by atoms with Crippen LogP contribution in [-0.2, 0) is 13.0 Å². The Hall–Kier alpha value is -0.380. The Balaban J connectivity index is 1.74. The van der Waals surface area contributed by atoms with E-state index in [2.05, 4.69) is 50.0 Å². The standard InChI is InChI=1S/C16H28N2S/c1-5-14-6-7-15(19-14)12-17-13-8-10-18(11-9-13)16(2,3)4/h6-7,13,17H,5,8-12H2,1-4H3. The maximum Gasteiger partial charge on any atom is 0.0302 e. The molecule has 19 heavy (non-hydrogen) atoms. The highest BCUT2D eigenvalue weighted by atomic mass is 32.1. The Morgan fingerprint density at radius 1 is 1.21 bits per heavy atom. The van der Waals surface area contributed by atoms with Gasteiger partial charge in [-0.1, -0.05) is 6.92 Å². The molecule has 0 radical (unpaired) electrons. The number of likely N-dealkylation sites (tertiary alicyclic amines) is 1. The molecule has 0 aliphatic carbocycles. The van der Waals surface area contributed by atoms with Gasteiger partial charge in [-0.3, -0.25) is 4.90 Å². The first-order valence-corrected chi connectivity index (χ1v) is 8.36. The van der Waals surface area contributed by atoms with Crippen LogP contribution in [0.3, 0.4) is 0 Å². The number of piperidine rings is 1. The molecule has 2 nitrogen and oxygen atoms in total. The van der Waals surface area contributed by atoms with Gasteiger partial charge in [0.2, 0.25) is 0 Å². The summed E-state index contributed by atoms with van der Waals surface area (Å²) in [5, 5.41) is 3.73. The molecule has 1 aromatic rings. The van der Waals surface area contributed by atoms with Gasteiger partial charge in [0.05, 0.1) is 0 Å². The lowest BCUT2D eigenvalue weighted by Crippen LogP contribution is -2.49. The fourth-order valence-corrected chi connectivity index (χ4v) is 3.62. The van der Waals surface area contributed by atoms with Gasteiger partial charge in [-0.25, -0.2) is 0 Å². The predicted molar refractivity (Wildman–Crippen MR) is 84.9 cm³/mol. The minimum atomic E-state index is 0.328. The van der Waals surface area contributed by atoms with Crippen molar-refractivity contribution in [3.05, 3.63) is 21.9 Å². The minimum absolute atomic E-state index is 0.328. The van der Waals surface area contributed by atoms with E-state index >= 15 is 0 Å². The van der Waals surface area contributed by atoms with Crippen molar-refractivity contribution in [2.24, 2.45) is 0 Å². The van der Waals surface area contributed by atoms with E-state index < -0.39 is 0 Å². The molecular formula is C16H28N2S. The monoisotopic (exact) mass is 280 g/mol. The third kappa shape index (κ3) is 4.30. The number of aryl methyl sites for hydroxylation is 1. The normalized spacial score (nSPS) is 18.9. The first kappa shape index (κ1) is 15.0. The van der Waals surface area contributed by atoms with E-state index in [1.807, 2.05) is 11.3 Å². The van der Waals surface area contributed by atoms with E-state index in [-0.39, 0.29) is 0 Å². The number of hydrogen-bond acceptors (Lipinski definition) is 3. The molecule has 1 fully saturated rings. The molecule has 1 aliphatic heterocycles. The lowest BCUT2D eigenvalue weighted by molar-refractivity contribution is 0.0961. The van der Waals surface area contributed by atoms with E-state index in [0.717, 1.165) is 13.0 Å². The highest BCUT2D eigenvalue weighted by Gasteiger charge is 2.26. The van der Waals surface area contributed by atoms with Gasteiger partial charge in [0.25, 0.3) is 0 Å². The van der Waals surface area contributed by atoms with Gasteiger partial charge in [0, 0.05) is 41.0 Å². The Kier molecular flexibility index (Phi) is 5.04. The van der Waals surface area contributed by atoms with Crippen LogP contribution in [0, 0.1) is 0 Å². The van der Waals surface area contributed by atoms with Gasteiger partial charge in [-0.2, -0.15) is 0 Å². The summed E-state index contributed by atoms with van der Waals surface area (Å²) in [7, 11) is 0. The lowest BCUT2D eigenvalue weighted by atomic mass is 9.98. The molecule has 1 aromatic heterocycles. The quantitative estimate of drug-likeness (QED) is 0.905. The van der Waals surface area contributed by atoms with E-state index in [4.69, 9.17) is 0 Å². The van der Waals surface area contributed by atoms with Crippen LogP contribution in [0.5, 0.6) is 0 Å². The van der Waals surface area contributed by atoms with Crippen LogP contribution in [-0.4, -0.2) is 29.6 Å². The molecule has 2 heterocycles. The van der Waals surface area contributed by atoms with E-state index in [1.54, 1.807) is 0 Å². The van der Waals surface area contributed by atoms with Crippen molar-refractivity contribution in [1.29, 1.82) is 0 Å². The zero-order valence-electron chi connectivity index (χ0n) is 12.8. The van der Waals surface area contributed by atoms with Crippen molar-refractivity contribution < 1.29 is 0 Å². The topological polar surface area (TPSA) is 15.3 Å². The van der Waals surface area contributed by atoms with E-state index in [1.165, 1.54) is 35.7 Å². The molecule has 0 unspecified atom stereocenters. The second-order valence-electron chi connectivity index (χ2n) is 6.53. The second kappa shape index (κ2) is 6.38. The van der Waals surface area contributed by atoms with Crippen molar-refractivity contribution in [3.63, 3.8) is 0 Å². The minimum Gasteiger partial charge on any atom is -0.309 e. The van der Waals surface area contributed by atoms with Crippen molar-refractivity contribution in [2.45, 2.75) is 65.1 Å². The molecule has 108 valence electrons. The molecule has 0 bridgehead atoms. The summed E-state index contributed by atoms with van der Waals surface area (Å²) in [4.78, 5) is 5.58. The molecule has 0 amide bonds. The zero-order chi connectivity index (χ0) is 13.9. The number of hydrogen-bond donors (Lipinski definition) is 1. The molecular weight excluding hydrogens is 252 g/mol. The van der Waals surface area contributed by atoms with Crippen LogP contribution in [0.25, 0.3) is 0 Å². The maximum absolute atomic E-state index is 3.73. The third-order valence-corrected chi connectivity index (χ3v) is 5.30. The first-order chi connectivity index (χ1) is 8.99. The Labute approximate surface area is 122 Å². The Bertz CT molecular complexity index is 384. The van der Waals surface area contributed by atoms with Crippen LogP contribution < -0.4 is 5.32 Å². The van der Waals surface area contributed by atoms with E-state index in [9.17, 15) is 0 Å². The fraction of sp³-hybridized carbons (Fsp3) is 0.750. The highest BCUT2D eigenvalue weighted by molar-refractivity contribution is 7.11. The largest absolute Gasteiger partial charge is 0.309 e. The molecule has 0 atom stereocenters. The van der Waals surface area contributed by atoms with Crippen LogP contribution in [0.1, 0.15) is 50.3 Å². The van der Waals surface area contributed by atoms with Crippen molar-refractivity contribution in [2.75, 3.05) is 13.1 Å². The second-order valence-corrected chi connectivity index (χ2v) is 7.79. The summed E-state index contributed by atoms with van der Waals surface area (Å²) in [5.41, 5.74) is 0.328. The van der Waals surface area contributed by atoms with Crippen LogP contribution >= 0.6 is 11.3 Å². The van der Waals surface area contributed by atoms with Gasteiger partial charge in [-0.15, -0.1) is 11.3 Å². The number of nitrogens with zero attached hydrogens (tertiary/aromatic N) is 1. The lowest BCUT2D eigenvalue weighted by Gasteiger charge is -2.41. The number of nitrogens with one attached hydrogen (secondary N) is 1. The fourth-order valence-electron chi connectivity index (χ4n) is 2.71. The molecule has 1 N–H and O–H groups in total. The Morgan fingerprint density at radius 2 is 1.84 bits per heavy atom. The van der Waals surface area contributed by atoms with Gasteiger partial charge >= 0.3 is 0 Å². The van der Waals surface area contributed by atoms with Crippen molar-refractivity contribution in [1.82, 2.24) is 10.2 Å². The first-order valence-electron chi connectivity index (χ1n) is 7.55. The smallest absolute Gasteiger partial charge is 0.0302 e. The Morgan fingerprint density at radius 3 is 2.37 bits per heavy atom. The van der Waals surface area contributed by atoms with Gasteiger partial charge in [0.15, 0.2) is 0 Å². The van der Waals surface area contributed by atoms with Crippen LogP contribution in [0.15, 0.2) is 12.1 Å². The van der Waals surface area contributed by atoms with Gasteiger partial charge < -0.3 is 5.32 Å². The molecule has 1 aliphatic rings. The number of thiophene rings is 1. The molecule has 0 saturated carbocycles. The predicted octanol–water partition coefficient (Wildman–Crippen LogP) is 3.66. The average Bonchev–Trinajstić information content (AvgIpc) is 2.84. The van der Waals surface area contributed by atoms with E-state index in [0.29, 0.717) is 11.6 Å². The molecule has 1 saturated heterocycles.